The molecule has 3 aliphatic heterocycles. The minimum atomic E-state index is 0. The predicted octanol–water partition coefficient (Wildman–Crippen LogP) is 3.52. The summed E-state index contributed by atoms with van der Waals surface area (Å²) in [5.74, 6) is 1.06. The number of rotatable bonds is 0. The average molecular weight is 774 g/mol. The summed E-state index contributed by atoms with van der Waals surface area (Å²) in [5, 5.41) is 0. The Morgan fingerprint density at radius 1 is 0.690 bits per heavy atom. The number of imidazole rings is 1. The topological polar surface area (TPSA) is 44.8 Å². The van der Waals surface area contributed by atoms with Gasteiger partial charge in [0.2, 0.25) is 6.67 Å². The first-order valence-electron chi connectivity index (χ1n) is 12.9. The van der Waals surface area contributed by atoms with Gasteiger partial charge in [0.05, 0.1) is 11.5 Å². The molecule has 8 heterocycles. The Morgan fingerprint density at radius 2 is 1.40 bits per heavy atom. The molecule has 0 spiro atoms. The molecule has 201 valence electrons. The second-order valence-electron chi connectivity index (χ2n) is 9.93. The Kier molecular flexibility index (Phi) is 10.9. The smallest absolute Gasteiger partial charge is 0.205 e. The van der Waals surface area contributed by atoms with Crippen LogP contribution in [0.1, 0.15) is 27.8 Å². The van der Waals surface area contributed by atoms with Gasteiger partial charge in [-0.2, -0.15) is 62.9 Å². The van der Waals surface area contributed by atoms with Crippen LogP contribution in [0, 0.1) is 26.8 Å². The van der Waals surface area contributed by atoms with E-state index in [4.69, 9.17) is 0 Å². The predicted molar refractivity (Wildman–Crippen MR) is 147 cm³/mol. The number of hydrogen-bond acceptors (Lipinski definition) is 0. The minimum Gasteiger partial charge on any atom is -0.669 e. The SMILES string of the molecule is [CH2-]c1ccc[n+]2c1-c1[c-]ccn1C2.[CH2-]c1ccc[n+]2c1-c1[n-]ccc1C2.[CH2-]c1cccc2c1-c1[n-]cc[n+]1C2.[Y].[Y].[Y]. The summed E-state index contributed by atoms with van der Waals surface area (Å²) in [6.45, 7) is 14.8. The molecule has 0 amide bonds. The van der Waals surface area contributed by atoms with E-state index in [0.717, 1.165) is 53.7 Å². The monoisotopic (exact) mass is 774 g/mol. The fourth-order valence-electron chi connectivity index (χ4n) is 5.69. The third-order valence-corrected chi connectivity index (χ3v) is 7.47. The molecule has 0 saturated carbocycles. The van der Waals surface area contributed by atoms with Crippen LogP contribution in [0.15, 0.2) is 91.8 Å². The van der Waals surface area contributed by atoms with Gasteiger partial charge in [-0.15, -0.1) is 22.9 Å². The quantitative estimate of drug-likeness (QED) is 0.175. The first-order valence-corrected chi connectivity index (χ1v) is 12.9. The van der Waals surface area contributed by atoms with Crippen LogP contribution in [0.5, 0.6) is 0 Å². The van der Waals surface area contributed by atoms with E-state index in [-0.39, 0.29) is 98.1 Å². The number of aromatic nitrogens is 6. The van der Waals surface area contributed by atoms with Gasteiger partial charge in [-0.05, 0) is 11.3 Å². The van der Waals surface area contributed by atoms with Gasteiger partial charge in [0.15, 0.2) is 6.54 Å². The van der Waals surface area contributed by atoms with Crippen molar-refractivity contribution in [3.8, 4) is 34.2 Å². The fourth-order valence-corrected chi connectivity index (χ4v) is 5.69. The minimum absolute atomic E-state index is 0. The van der Waals surface area contributed by atoms with Crippen molar-refractivity contribution in [3.63, 3.8) is 0 Å². The summed E-state index contributed by atoms with van der Waals surface area (Å²) in [7, 11) is 0. The van der Waals surface area contributed by atoms with Gasteiger partial charge in [-0.1, -0.05) is 41.6 Å². The molecule has 0 saturated heterocycles. The van der Waals surface area contributed by atoms with Crippen molar-refractivity contribution in [2.75, 3.05) is 0 Å². The molecule has 5 aromatic heterocycles. The molecule has 9 heteroatoms. The van der Waals surface area contributed by atoms with E-state index in [2.05, 4.69) is 79.6 Å². The van der Waals surface area contributed by atoms with E-state index in [1.807, 2.05) is 67.3 Å². The second-order valence-corrected chi connectivity index (χ2v) is 9.93. The summed E-state index contributed by atoms with van der Waals surface area (Å²) in [4.78, 5) is 8.66. The molecule has 3 aliphatic rings. The molecule has 0 bridgehead atoms. The fraction of sp³-hybridized carbons (Fsp3) is 0.0909. The van der Waals surface area contributed by atoms with Crippen molar-refractivity contribution in [3.05, 3.63) is 146 Å². The molecule has 0 fully saturated rings. The summed E-state index contributed by atoms with van der Waals surface area (Å²) < 4.78 is 8.71. The van der Waals surface area contributed by atoms with Crippen LogP contribution in [-0.4, -0.2) is 4.57 Å². The Morgan fingerprint density at radius 3 is 2.21 bits per heavy atom. The van der Waals surface area contributed by atoms with Crippen LogP contribution in [0.2, 0.25) is 0 Å². The van der Waals surface area contributed by atoms with Crippen LogP contribution >= 0.6 is 0 Å². The molecule has 0 aliphatic carbocycles. The van der Waals surface area contributed by atoms with Crippen molar-refractivity contribution >= 4 is 0 Å². The van der Waals surface area contributed by atoms with Crippen molar-refractivity contribution < 1.29 is 112 Å². The third-order valence-electron chi connectivity index (χ3n) is 7.47. The number of nitrogens with zero attached hydrogens (tertiary/aromatic N) is 6. The molecule has 6 aromatic rings. The van der Waals surface area contributed by atoms with Gasteiger partial charge >= 0.3 is 0 Å². The second kappa shape index (κ2) is 13.9. The molecule has 6 nitrogen and oxygen atoms in total. The van der Waals surface area contributed by atoms with Crippen molar-refractivity contribution in [1.82, 2.24) is 14.5 Å². The Balaban J connectivity index is 0.000000140. The molecular formula is C33H27N6Y3-3. The largest absolute Gasteiger partial charge is 0.669 e. The normalized spacial score (nSPS) is 11.7. The summed E-state index contributed by atoms with van der Waals surface area (Å²) in [5.41, 5.74) is 11.6. The zero-order chi connectivity index (χ0) is 26.5. The van der Waals surface area contributed by atoms with Crippen LogP contribution in [0.3, 0.4) is 0 Å². The third kappa shape index (κ3) is 5.96. The van der Waals surface area contributed by atoms with Crippen LogP contribution < -0.4 is 23.7 Å². The Bertz CT molecular complexity index is 1640. The Hall–Kier alpha value is -1.79. The zero-order valence-corrected chi connectivity index (χ0v) is 31.8. The van der Waals surface area contributed by atoms with Gasteiger partial charge in [0.25, 0.3) is 0 Å². The first-order chi connectivity index (χ1) is 19.1. The van der Waals surface area contributed by atoms with Gasteiger partial charge in [0.1, 0.15) is 18.1 Å². The molecule has 0 atom stereocenters. The van der Waals surface area contributed by atoms with Crippen molar-refractivity contribution in [1.29, 1.82) is 0 Å². The average Bonchev–Trinajstić information content (AvgIpc) is 3.72. The maximum absolute atomic E-state index is 4.34. The Labute approximate surface area is 322 Å². The number of benzene rings is 1. The van der Waals surface area contributed by atoms with Crippen LogP contribution in [0.4, 0.5) is 0 Å². The molecule has 0 N–H and O–H groups in total. The van der Waals surface area contributed by atoms with Crippen molar-refractivity contribution in [2.45, 2.75) is 19.8 Å². The van der Waals surface area contributed by atoms with E-state index in [9.17, 15) is 0 Å². The van der Waals surface area contributed by atoms with Crippen molar-refractivity contribution in [2.24, 2.45) is 0 Å². The molecule has 9 rings (SSSR count). The summed E-state index contributed by atoms with van der Waals surface area (Å²) >= 11 is 0. The number of hydrogen-bond donors (Lipinski definition) is 0. The van der Waals surface area contributed by atoms with Crippen LogP contribution in [-0.2, 0) is 118 Å². The van der Waals surface area contributed by atoms with Gasteiger partial charge < -0.3 is 14.1 Å². The van der Waals surface area contributed by atoms with E-state index in [1.54, 1.807) is 0 Å². The maximum atomic E-state index is 4.34. The molecule has 0 unspecified atom stereocenters. The van der Waals surface area contributed by atoms with E-state index >= 15 is 0 Å². The van der Waals surface area contributed by atoms with E-state index in [0.29, 0.717) is 0 Å². The summed E-state index contributed by atoms with van der Waals surface area (Å²) in [6, 6.07) is 21.6. The molecule has 42 heavy (non-hydrogen) atoms. The molecular weight excluding hydrogens is 747 g/mol. The standard InChI is InChI=1S/3C11H9N2.3Y/c1-9-4-2-7-13-8-12-6-3-5-10(12)11(9)13;1-8-3-2-6-13-7-9-4-5-12-10(9)11(8)13;1-8-3-2-4-9-7-13-6-5-12-11(13)10(8)9;;;/h2-4,6-7H,1,8H2;2*2-6H,1,7H2;;;/q3*-1;;;. The molecule has 3 radical (unpaired) electrons. The first kappa shape index (κ1) is 33.1. The van der Waals surface area contributed by atoms with Gasteiger partial charge in [0, 0.05) is 117 Å². The summed E-state index contributed by atoms with van der Waals surface area (Å²) in [6.07, 6.45) is 11.9. The van der Waals surface area contributed by atoms with E-state index in [1.165, 1.54) is 28.1 Å². The molecule has 1 aromatic carbocycles. The van der Waals surface area contributed by atoms with Crippen LogP contribution in [0.25, 0.3) is 34.2 Å². The number of pyridine rings is 2. The van der Waals surface area contributed by atoms with E-state index < -0.39 is 0 Å². The van der Waals surface area contributed by atoms with Gasteiger partial charge in [-0.25, -0.2) is 4.57 Å². The zero-order valence-electron chi connectivity index (χ0n) is 23.3. The number of fused-ring (bicyclic) bond motifs is 9. The maximum Gasteiger partial charge on any atom is 0.205 e. The van der Waals surface area contributed by atoms with Gasteiger partial charge in [-0.3, -0.25) is 9.55 Å².